The molecule has 3 rings (SSSR count). The van der Waals surface area contributed by atoms with Gasteiger partial charge in [-0.05, 0) is 31.0 Å². The Labute approximate surface area is 156 Å². The number of aryl methyl sites for hydroxylation is 1. The normalized spacial score (nSPS) is 11.8. The molecule has 0 spiro atoms. The van der Waals surface area contributed by atoms with Gasteiger partial charge in [0.2, 0.25) is 0 Å². The number of pyridine rings is 1. The topological polar surface area (TPSA) is 108 Å². The largest absolute Gasteiger partial charge is 0.396 e. The number of H-pyrrole nitrogens is 1. The number of nitrogens with one attached hydrogen (secondary N) is 2. The zero-order valence-electron chi connectivity index (χ0n) is 14.8. The quantitative estimate of drug-likeness (QED) is 0.620. The van der Waals surface area contributed by atoms with Gasteiger partial charge in [-0.3, -0.25) is 14.6 Å². The highest BCUT2D eigenvalue weighted by Crippen LogP contribution is 2.18. The first-order chi connectivity index (χ1) is 13.1. The van der Waals surface area contributed by atoms with Crippen LogP contribution in [0.2, 0.25) is 0 Å². The summed E-state index contributed by atoms with van der Waals surface area (Å²) >= 11 is 0. The summed E-state index contributed by atoms with van der Waals surface area (Å²) in [5.74, 6) is -0.199. The van der Waals surface area contributed by atoms with Crippen LogP contribution >= 0.6 is 0 Å². The summed E-state index contributed by atoms with van der Waals surface area (Å²) in [6.07, 6.45) is 4.79. The maximum Gasteiger partial charge on any atom is 0.264 e. The second-order valence-corrected chi connectivity index (χ2v) is 6.17. The minimum Gasteiger partial charge on any atom is -0.396 e. The molecular formula is C20H20N4O3. The van der Waals surface area contributed by atoms with Gasteiger partial charge in [0.05, 0.1) is 6.04 Å². The lowest BCUT2D eigenvalue weighted by molar-refractivity contribution is 0.0928. The van der Waals surface area contributed by atoms with E-state index in [9.17, 15) is 14.7 Å². The number of benzene rings is 1. The molecule has 1 atom stereocenters. The van der Waals surface area contributed by atoms with Crippen molar-refractivity contribution in [3.63, 3.8) is 0 Å². The molecule has 0 unspecified atom stereocenters. The maximum absolute atomic E-state index is 12.6. The molecule has 7 heteroatoms. The number of amides is 1. The third-order valence-corrected chi connectivity index (χ3v) is 4.18. The minimum absolute atomic E-state index is 0.0855. The van der Waals surface area contributed by atoms with Gasteiger partial charge in [-0.25, -0.2) is 4.98 Å². The smallest absolute Gasteiger partial charge is 0.264 e. The van der Waals surface area contributed by atoms with E-state index >= 15 is 0 Å². The summed E-state index contributed by atoms with van der Waals surface area (Å²) in [5, 5.41) is 12.1. The number of aromatic amines is 1. The second kappa shape index (κ2) is 8.37. The molecule has 3 N–H and O–H groups in total. The summed E-state index contributed by atoms with van der Waals surface area (Å²) in [6, 6.07) is 10.7. The van der Waals surface area contributed by atoms with E-state index in [1.165, 1.54) is 6.20 Å². The van der Waals surface area contributed by atoms with Gasteiger partial charge in [-0.2, -0.15) is 0 Å². The summed E-state index contributed by atoms with van der Waals surface area (Å²) in [6.45, 7) is 1.88. The van der Waals surface area contributed by atoms with Gasteiger partial charge in [0.1, 0.15) is 11.4 Å². The van der Waals surface area contributed by atoms with Gasteiger partial charge in [-0.15, -0.1) is 0 Å². The molecule has 0 aliphatic carbocycles. The van der Waals surface area contributed by atoms with Gasteiger partial charge >= 0.3 is 0 Å². The number of hydrogen-bond donors (Lipinski definition) is 3. The summed E-state index contributed by atoms with van der Waals surface area (Å²) < 4.78 is 0. The van der Waals surface area contributed by atoms with Crippen LogP contribution in [0.5, 0.6) is 0 Å². The molecule has 7 nitrogen and oxygen atoms in total. The van der Waals surface area contributed by atoms with Crippen molar-refractivity contribution in [1.29, 1.82) is 0 Å². The van der Waals surface area contributed by atoms with Crippen LogP contribution in [0, 0.1) is 6.92 Å². The molecule has 0 saturated carbocycles. The van der Waals surface area contributed by atoms with Gasteiger partial charge in [-0.1, -0.05) is 29.8 Å². The fourth-order valence-electron chi connectivity index (χ4n) is 2.69. The molecule has 138 valence electrons. The van der Waals surface area contributed by atoms with E-state index in [0.29, 0.717) is 17.8 Å². The van der Waals surface area contributed by atoms with E-state index < -0.39 is 17.5 Å². The highest BCUT2D eigenvalue weighted by Gasteiger charge is 2.18. The predicted octanol–water partition coefficient (Wildman–Crippen LogP) is 1.99. The maximum atomic E-state index is 12.6. The predicted molar refractivity (Wildman–Crippen MR) is 101 cm³/mol. The summed E-state index contributed by atoms with van der Waals surface area (Å²) in [5.41, 5.74) is 1.99. The first-order valence-electron chi connectivity index (χ1n) is 8.56. The van der Waals surface area contributed by atoms with Crippen LogP contribution in [-0.4, -0.2) is 32.6 Å². The monoisotopic (exact) mass is 364 g/mol. The number of rotatable bonds is 6. The first-order valence-corrected chi connectivity index (χ1v) is 8.56. The lowest BCUT2D eigenvalue weighted by Gasteiger charge is -2.18. The average molecular weight is 364 g/mol. The molecule has 0 bridgehead atoms. The van der Waals surface area contributed by atoms with Crippen molar-refractivity contribution in [1.82, 2.24) is 20.3 Å². The van der Waals surface area contributed by atoms with Crippen LogP contribution in [0.4, 0.5) is 0 Å². The van der Waals surface area contributed by atoms with E-state index in [1.54, 1.807) is 24.5 Å². The van der Waals surface area contributed by atoms with Crippen molar-refractivity contribution in [2.24, 2.45) is 0 Å². The third-order valence-electron chi connectivity index (χ3n) is 4.18. The van der Waals surface area contributed by atoms with E-state index in [2.05, 4.69) is 20.3 Å². The Morgan fingerprint density at radius 2 is 2.00 bits per heavy atom. The van der Waals surface area contributed by atoms with Gasteiger partial charge in [0, 0.05) is 30.8 Å². The van der Waals surface area contributed by atoms with E-state index in [-0.39, 0.29) is 12.2 Å². The van der Waals surface area contributed by atoms with Gasteiger partial charge in [0.15, 0.2) is 0 Å². The Morgan fingerprint density at radius 1 is 1.22 bits per heavy atom. The molecule has 2 heterocycles. The zero-order chi connectivity index (χ0) is 19.2. The van der Waals surface area contributed by atoms with Gasteiger partial charge in [0.25, 0.3) is 11.5 Å². The van der Waals surface area contributed by atoms with Crippen LogP contribution in [0.3, 0.4) is 0 Å². The molecule has 0 aliphatic heterocycles. The molecule has 0 aliphatic rings. The number of carbonyl (C=O) groups is 1. The van der Waals surface area contributed by atoms with Crippen molar-refractivity contribution >= 4 is 5.91 Å². The first kappa shape index (κ1) is 18.5. The summed E-state index contributed by atoms with van der Waals surface area (Å²) in [4.78, 5) is 35.7. The molecule has 0 fully saturated rings. The Bertz CT molecular complexity index is 969. The number of aromatic nitrogens is 3. The average Bonchev–Trinajstić information content (AvgIpc) is 2.69. The van der Waals surface area contributed by atoms with Crippen molar-refractivity contribution in [3.05, 3.63) is 82.0 Å². The zero-order valence-corrected chi connectivity index (χ0v) is 14.8. The molecule has 27 heavy (non-hydrogen) atoms. The summed E-state index contributed by atoms with van der Waals surface area (Å²) in [7, 11) is 0. The fourth-order valence-corrected chi connectivity index (χ4v) is 2.69. The van der Waals surface area contributed by atoms with Crippen molar-refractivity contribution in [2.75, 3.05) is 6.61 Å². The van der Waals surface area contributed by atoms with Crippen LogP contribution in [0.15, 0.2) is 59.8 Å². The van der Waals surface area contributed by atoms with Crippen LogP contribution in [0.25, 0.3) is 11.4 Å². The number of aliphatic hydroxyl groups is 1. The molecule has 0 radical (unpaired) electrons. The lowest BCUT2D eigenvalue weighted by Crippen LogP contribution is -2.33. The Morgan fingerprint density at radius 3 is 2.63 bits per heavy atom. The lowest BCUT2D eigenvalue weighted by atomic mass is 10.0. The number of carbonyl (C=O) groups excluding carboxylic acids is 1. The Balaban J connectivity index is 1.82. The van der Waals surface area contributed by atoms with Crippen LogP contribution < -0.4 is 10.9 Å². The highest BCUT2D eigenvalue weighted by atomic mass is 16.3. The molecule has 1 aromatic carbocycles. The molecule has 2 aromatic heterocycles. The van der Waals surface area contributed by atoms with E-state index in [4.69, 9.17) is 0 Å². The van der Waals surface area contributed by atoms with Crippen LogP contribution in [0.1, 0.15) is 33.9 Å². The molecule has 0 saturated heterocycles. The second-order valence-electron chi connectivity index (χ2n) is 6.17. The SMILES string of the molecule is Cc1ccc([C@H](CCO)NC(=O)c2cnc(-c3cccnc3)[nH]c2=O)cc1. The number of aliphatic hydroxyl groups excluding tert-OH is 1. The minimum atomic E-state index is -0.541. The van der Waals surface area contributed by atoms with E-state index in [0.717, 1.165) is 11.1 Å². The Hall–Kier alpha value is -3.32. The molecule has 1 amide bonds. The Kier molecular flexibility index (Phi) is 5.73. The van der Waals surface area contributed by atoms with Gasteiger partial charge < -0.3 is 15.4 Å². The van der Waals surface area contributed by atoms with Crippen molar-refractivity contribution in [3.8, 4) is 11.4 Å². The third kappa shape index (κ3) is 4.45. The highest BCUT2D eigenvalue weighted by molar-refractivity contribution is 5.93. The van der Waals surface area contributed by atoms with E-state index in [1.807, 2.05) is 31.2 Å². The number of nitrogens with zero attached hydrogens (tertiary/aromatic N) is 2. The van der Waals surface area contributed by atoms with Crippen molar-refractivity contribution in [2.45, 2.75) is 19.4 Å². The standard InChI is InChI=1S/C20H20N4O3/c1-13-4-6-14(7-5-13)17(8-10-25)23-19(26)16-12-22-18(24-20(16)27)15-3-2-9-21-11-15/h2-7,9,11-12,17,25H,8,10H2,1H3,(H,23,26)(H,22,24,27)/t17-/m0/s1. The molecule has 3 aromatic rings. The number of hydrogen-bond acceptors (Lipinski definition) is 5. The fraction of sp³-hybridized carbons (Fsp3) is 0.200. The molecular weight excluding hydrogens is 344 g/mol. The van der Waals surface area contributed by atoms with Crippen LogP contribution in [-0.2, 0) is 0 Å². The van der Waals surface area contributed by atoms with Crippen molar-refractivity contribution < 1.29 is 9.90 Å².